The molecule has 0 unspecified atom stereocenters. The van der Waals surface area contributed by atoms with Crippen molar-refractivity contribution in [1.29, 1.82) is 0 Å². The quantitative estimate of drug-likeness (QED) is 0.426. The van der Waals surface area contributed by atoms with E-state index in [-0.39, 0.29) is 11.5 Å². The van der Waals surface area contributed by atoms with E-state index in [0.29, 0.717) is 46.6 Å². The summed E-state index contributed by atoms with van der Waals surface area (Å²) in [5.74, 6) is 2.49. The maximum Gasteiger partial charge on any atom is 0.277 e. The molecule has 3 aromatic rings. The van der Waals surface area contributed by atoms with Crippen molar-refractivity contribution in [1.82, 2.24) is 24.5 Å². The molecule has 7 heteroatoms. The monoisotopic (exact) mass is 517 g/mol. The van der Waals surface area contributed by atoms with Crippen LogP contribution in [-0.4, -0.2) is 43.5 Å². The second-order valence-electron chi connectivity index (χ2n) is 12.5. The minimum absolute atomic E-state index is 0.0516. The summed E-state index contributed by atoms with van der Waals surface area (Å²) in [6.45, 7) is 9.03. The number of carbonyl (C=O) groups excluding carboxylic acids is 1. The number of H-pyrrole nitrogens is 1. The van der Waals surface area contributed by atoms with Gasteiger partial charge in [0.25, 0.3) is 11.5 Å². The molecule has 7 nitrogen and oxygen atoms in total. The lowest BCUT2D eigenvalue weighted by Crippen LogP contribution is -2.38. The molecule has 0 saturated heterocycles. The first-order valence-corrected chi connectivity index (χ1v) is 14.6. The van der Waals surface area contributed by atoms with E-state index in [1.54, 1.807) is 0 Å². The lowest BCUT2D eigenvalue weighted by Gasteiger charge is -2.36. The van der Waals surface area contributed by atoms with Crippen LogP contribution in [0.5, 0.6) is 0 Å². The van der Waals surface area contributed by atoms with Gasteiger partial charge in [0.1, 0.15) is 5.82 Å². The fourth-order valence-corrected chi connectivity index (χ4v) is 6.56. The SMILES string of the molecule is CCc1nc([C@H]2CC[C@@H](C(C)(C)C)CC2)n2nc(-c3ccc(C(=O)N(C)C4CCCCC4)cc3)[nH]c(=O)c12. The van der Waals surface area contributed by atoms with E-state index in [4.69, 9.17) is 10.1 Å². The molecular weight excluding hydrogens is 474 g/mol. The van der Waals surface area contributed by atoms with Gasteiger partial charge >= 0.3 is 0 Å². The van der Waals surface area contributed by atoms with Crippen LogP contribution in [0.25, 0.3) is 16.9 Å². The van der Waals surface area contributed by atoms with Crippen molar-refractivity contribution < 1.29 is 4.79 Å². The summed E-state index contributed by atoms with van der Waals surface area (Å²) in [4.78, 5) is 36.2. The third kappa shape index (κ3) is 5.16. The summed E-state index contributed by atoms with van der Waals surface area (Å²) in [5, 5.41) is 4.90. The van der Waals surface area contributed by atoms with Gasteiger partial charge in [0.15, 0.2) is 11.3 Å². The summed E-state index contributed by atoms with van der Waals surface area (Å²) < 4.78 is 1.81. The molecule has 38 heavy (non-hydrogen) atoms. The zero-order chi connectivity index (χ0) is 27.0. The number of hydrogen-bond donors (Lipinski definition) is 1. The minimum atomic E-state index is -0.161. The highest BCUT2D eigenvalue weighted by Crippen LogP contribution is 2.43. The molecule has 1 aromatic carbocycles. The van der Waals surface area contributed by atoms with Crippen LogP contribution in [0.2, 0.25) is 0 Å². The van der Waals surface area contributed by atoms with Gasteiger partial charge in [-0.3, -0.25) is 9.59 Å². The molecule has 2 saturated carbocycles. The molecule has 2 aromatic heterocycles. The molecule has 0 radical (unpaired) electrons. The molecule has 5 rings (SSSR count). The van der Waals surface area contributed by atoms with Crippen molar-refractivity contribution in [3.63, 3.8) is 0 Å². The average molecular weight is 518 g/mol. The standard InChI is InChI=1S/C31H43N5O2/c1-6-25-26-29(37)33-27(34-36(26)28(32-25)21-16-18-23(19-17-21)31(2,3)4)20-12-14-22(15-13-20)30(38)35(5)24-10-8-7-9-11-24/h12-15,21,23-24H,6-11,16-19H2,1-5H3,(H,33,34,37)/t21-,23+. The van der Waals surface area contributed by atoms with E-state index >= 15 is 0 Å². The third-order valence-corrected chi connectivity index (χ3v) is 9.10. The van der Waals surface area contributed by atoms with E-state index in [0.717, 1.165) is 42.8 Å². The van der Waals surface area contributed by atoms with Crippen molar-refractivity contribution in [3.8, 4) is 11.4 Å². The number of aromatic amines is 1. The van der Waals surface area contributed by atoms with Crippen molar-refractivity contribution in [3.05, 3.63) is 51.7 Å². The number of nitrogens with zero attached hydrogens (tertiary/aromatic N) is 4. The van der Waals surface area contributed by atoms with Crippen LogP contribution in [0.1, 0.15) is 113 Å². The van der Waals surface area contributed by atoms with Gasteiger partial charge in [0.05, 0.1) is 5.69 Å². The summed E-state index contributed by atoms with van der Waals surface area (Å²) in [6.07, 6.45) is 11.0. The van der Waals surface area contributed by atoms with Gasteiger partial charge in [-0.25, -0.2) is 9.50 Å². The molecule has 204 valence electrons. The molecule has 1 amide bonds. The number of amides is 1. The first-order chi connectivity index (χ1) is 18.2. The molecule has 0 spiro atoms. The molecule has 2 fully saturated rings. The van der Waals surface area contributed by atoms with Gasteiger partial charge in [-0.05, 0) is 68.4 Å². The molecule has 0 atom stereocenters. The summed E-state index contributed by atoms with van der Waals surface area (Å²) in [6, 6.07) is 7.79. The Balaban J connectivity index is 1.42. The molecule has 0 aliphatic heterocycles. The maximum atomic E-state index is 13.3. The van der Waals surface area contributed by atoms with E-state index < -0.39 is 0 Å². The highest BCUT2D eigenvalue weighted by atomic mass is 16.2. The zero-order valence-electron chi connectivity index (χ0n) is 23.7. The Bertz CT molecular complexity index is 1330. The van der Waals surface area contributed by atoms with Crippen LogP contribution in [0.3, 0.4) is 0 Å². The Labute approximate surface area is 226 Å². The normalized spacial score (nSPS) is 21.1. The van der Waals surface area contributed by atoms with Gasteiger partial charge in [-0.15, -0.1) is 5.10 Å². The average Bonchev–Trinajstić information content (AvgIpc) is 3.32. The highest BCUT2D eigenvalue weighted by Gasteiger charge is 2.33. The Morgan fingerprint density at radius 3 is 2.29 bits per heavy atom. The number of carbonyl (C=O) groups is 1. The van der Waals surface area contributed by atoms with E-state index in [1.165, 1.54) is 32.1 Å². The van der Waals surface area contributed by atoms with Crippen molar-refractivity contribution in [2.75, 3.05) is 7.05 Å². The molecule has 1 N–H and O–H groups in total. The largest absolute Gasteiger partial charge is 0.339 e. The molecule has 2 aliphatic carbocycles. The third-order valence-electron chi connectivity index (χ3n) is 9.10. The van der Waals surface area contributed by atoms with Crippen LogP contribution >= 0.6 is 0 Å². The summed E-state index contributed by atoms with van der Waals surface area (Å²) in [7, 11) is 1.92. The molecule has 2 heterocycles. The number of imidazole rings is 1. The summed E-state index contributed by atoms with van der Waals surface area (Å²) in [5.41, 5.74) is 2.98. The van der Waals surface area contributed by atoms with E-state index in [2.05, 4.69) is 25.8 Å². The van der Waals surface area contributed by atoms with Gasteiger partial charge in [-0.2, -0.15) is 0 Å². The predicted octanol–water partition coefficient (Wildman–Crippen LogP) is 6.37. The molecular formula is C31H43N5O2. The van der Waals surface area contributed by atoms with Crippen LogP contribution in [0.15, 0.2) is 29.1 Å². The van der Waals surface area contributed by atoms with Crippen LogP contribution in [-0.2, 0) is 6.42 Å². The van der Waals surface area contributed by atoms with Crippen molar-refractivity contribution in [2.45, 2.75) is 104 Å². The Morgan fingerprint density at radius 1 is 1.03 bits per heavy atom. The highest BCUT2D eigenvalue weighted by molar-refractivity contribution is 5.94. The number of rotatable bonds is 5. The lowest BCUT2D eigenvalue weighted by molar-refractivity contribution is 0.0696. The Hall–Kier alpha value is -2.96. The minimum Gasteiger partial charge on any atom is -0.339 e. The lowest BCUT2D eigenvalue weighted by atomic mass is 9.70. The molecule has 2 aliphatic rings. The van der Waals surface area contributed by atoms with E-state index in [1.807, 2.05) is 47.7 Å². The van der Waals surface area contributed by atoms with Crippen LogP contribution in [0, 0.1) is 11.3 Å². The fourth-order valence-electron chi connectivity index (χ4n) is 6.56. The molecule has 0 bridgehead atoms. The Kier molecular flexibility index (Phi) is 7.47. The second kappa shape index (κ2) is 10.7. The van der Waals surface area contributed by atoms with Crippen molar-refractivity contribution in [2.24, 2.45) is 11.3 Å². The van der Waals surface area contributed by atoms with Crippen molar-refractivity contribution >= 4 is 11.4 Å². The number of benzene rings is 1. The number of aryl methyl sites for hydroxylation is 1. The van der Waals surface area contributed by atoms with Crippen LogP contribution < -0.4 is 5.56 Å². The predicted molar refractivity (Wildman–Crippen MR) is 152 cm³/mol. The van der Waals surface area contributed by atoms with Gasteiger partial charge in [0.2, 0.25) is 0 Å². The number of aromatic nitrogens is 4. The number of hydrogen-bond acceptors (Lipinski definition) is 4. The second-order valence-corrected chi connectivity index (χ2v) is 12.5. The van der Waals surface area contributed by atoms with Gasteiger partial charge in [-0.1, -0.05) is 59.1 Å². The van der Waals surface area contributed by atoms with Crippen LogP contribution in [0.4, 0.5) is 0 Å². The van der Waals surface area contributed by atoms with E-state index in [9.17, 15) is 9.59 Å². The van der Waals surface area contributed by atoms with Gasteiger partial charge < -0.3 is 9.88 Å². The van der Waals surface area contributed by atoms with Gasteiger partial charge in [0, 0.05) is 30.1 Å². The number of fused-ring (bicyclic) bond motifs is 1. The maximum absolute atomic E-state index is 13.3. The zero-order valence-corrected chi connectivity index (χ0v) is 23.7. The smallest absolute Gasteiger partial charge is 0.277 e. The fraction of sp³-hybridized carbons (Fsp3) is 0.613. The Morgan fingerprint density at radius 2 is 1.68 bits per heavy atom. The first-order valence-electron chi connectivity index (χ1n) is 14.6. The topological polar surface area (TPSA) is 83.4 Å². The first kappa shape index (κ1) is 26.6. The summed E-state index contributed by atoms with van der Waals surface area (Å²) >= 11 is 0. The number of nitrogens with one attached hydrogen (secondary N) is 1.